The molecule has 1 aromatic rings. The second kappa shape index (κ2) is 8.24. The first-order valence-corrected chi connectivity index (χ1v) is 13.3. The molecule has 0 aromatic heterocycles. The molecule has 0 aliphatic rings. The zero-order valence-corrected chi connectivity index (χ0v) is 18.8. The number of aryl methyl sites for hydroxylation is 1. The van der Waals surface area contributed by atoms with Gasteiger partial charge in [-0.05, 0) is 35.8 Å². The van der Waals surface area contributed by atoms with Gasteiger partial charge < -0.3 is 9.74 Å². The van der Waals surface area contributed by atoms with Gasteiger partial charge in [-0.15, -0.1) is 0 Å². The van der Waals surface area contributed by atoms with Gasteiger partial charge in [-0.25, -0.2) is 0 Å². The molecule has 0 saturated heterocycles. The highest BCUT2D eigenvalue weighted by Crippen LogP contribution is 2.41. The SMILES string of the molecule is CNc1cc(Br)ccc1CC[P+](=O)C(C)O[Si](C)(C)C(C)(C)C. The topological polar surface area (TPSA) is 38.3 Å². The zero-order chi connectivity index (χ0) is 17.8. The van der Waals surface area contributed by atoms with E-state index in [2.05, 4.69) is 67.2 Å². The lowest BCUT2D eigenvalue weighted by atomic mass is 10.1. The van der Waals surface area contributed by atoms with E-state index in [0.29, 0.717) is 6.16 Å². The Morgan fingerprint density at radius 1 is 1.35 bits per heavy atom. The van der Waals surface area contributed by atoms with Crippen LogP contribution in [-0.4, -0.2) is 27.4 Å². The monoisotopic (exact) mass is 418 g/mol. The largest absolute Gasteiger partial charge is 0.388 e. The van der Waals surface area contributed by atoms with Crippen LogP contribution in [0.4, 0.5) is 5.69 Å². The molecule has 23 heavy (non-hydrogen) atoms. The number of hydrogen-bond acceptors (Lipinski definition) is 3. The predicted molar refractivity (Wildman–Crippen MR) is 108 cm³/mol. The van der Waals surface area contributed by atoms with E-state index in [-0.39, 0.29) is 10.9 Å². The Labute approximate surface area is 151 Å². The molecular weight excluding hydrogens is 389 g/mol. The maximum Gasteiger partial charge on any atom is 0.369 e. The van der Waals surface area contributed by atoms with E-state index in [9.17, 15) is 4.57 Å². The highest BCUT2D eigenvalue weighted by molar-refractivity contribution is 9.10. The zero-order valence-electron chi connectivity index (χ0n) is 15.4. The first-order valence-electron chi connectivity index (χ1n) is 8.05. The smallest absolute Gasteiger partial charge is 0.369 e. The molecule has 1 N–H and O–H groups in total. The highest BCUT2D eigenvalue weighted by Gasteiger charge is 2.42. The van der Waals surface area contributed by atoms with Crippen LogP contribution in [0.15, 0.2) is 22.7 Å². The van der Waals surface area contributed by atoms with Crippen molar-refractivity contribution in [3.8, 4) is 0 Å². The number of hydrogen-bond donors (Lipinski definition) is 1. The molecule has 0 amide bonds. The van der Waals surface area contributed by atoms with Crippen LogP contribution >= 0.6 is 23.7 Å². The Bertz CT molecular complexity index is 558. The average molecular weight is 419 g/mol. The van der Waals surface area contributed by atoms with Crippen LogP contribution in [-0.2, 0) is 15.4 Å². The molecule has 0 radical (unpaired) electrons. The molecule has 0 aliphatic carbocycles. The molecule has 2 atom stereocenters. The maximum atomic E-state index is 12.6. The van der Waals surface area contributed by atoms with Crippen molar-refractivity contribution in [2.45, 2.75) is 58.1 Å². The minimum Gasteiger partial charge on any atom is -0.388 e. The summed E-state index contributed by atoms with van der Waals surface area (Å²) in [6.45, 7) is 13.0. The Morgan fingerprint density at radius 3 is 2.48 bits per heavy atom. The summed E-state index contributed by atoms with van der Waals surface area (Å²) >= 11 is 3.48. The molecule has 6 heteroatoms. The first kappa shape index (κ1) is 20.8. The van der Waals surface area contributed by atoms with Crippen molar-refractivity contribution >= 4 is 37.7 Å². The molecule has 0 aliphatic heterocycles. The molecule has 130 valence electrons. The second-order valence-electron chi connectivity index (χ2n) is 7.42. The van der Waals surface area contributed by atoms with E-state index in [4.69, 9.17) is 4.43 Å². The lowest BCUT2D eigenvalue weighted by molar-refractivity contribution is 0.267. The van der Waals surface area contributed by atoms with E-state index in [1.54, 1.807) is 0 Å². The minimum atomic E-state index is -1.87. The number of rotatable bonds is 7. The molecule has 1 aromatic carbocycles. The summed E-state index contributed by atoms with van der Waals surface area (Å²) in [5.41, 5.74) is 2.28. The molecule has 0 bridgehead atoms. The second-order valence-corrected chi connectivity index (χ2v) is 15.1. The van der Waals surface area contributed by atoms with E-state index < -0.39 is 16.1 Å². The summed E-state index contributed by atoms with van der Waals surface area (Å²) in [5.74, 6) is -0.181. The standard InChI is InChI=1S/C17H30BrNO2PSi/c1-13(21-23(6,7)17(2,3)4)22(20)11-10-14-8-9-15(18)12-16(14)19-5/h8-9,12-13,19H,10-11H2,1-7H3/q+1. The Hall–Kier alpha value is -0.223. The third-order valence-electron chi connectivity index (χ3n) is 4.62. The molecule has 3 nitrogen and oxygen atoms in total. The molecule has 0 spiro atoms. The number of halogens is 1. The normalized spacial score (nSPS) is 14.5. The van der Waals surface area contributed by atoms with Gasteiger partial charge in [-0.2, -0.15) is 0 Å². The summed E-state index contributed by atoms with van der Waals surface area (Å²) in [5, 5.41) is 3.34. The van der Waals surface area contributed by atoms with Gasteiger partial charge in [0.15, 0.2) is 14.5 Å². The number of nitrogens with one attached hydrogen (secondary N) is 1. The summed E-state index contributed by atoms with van der Waals surface area (Å²) in [4.78, 5) is 0. The summed E-state index contributed by atoms with van der Waals surface area (Å²) < 4.78 is 19.9. The molecule has 1 rings (SSSR count). The van der Waals surface area contributed by atoms with Crippen LogP contribution in [0.1, 0.15) is 33.3 Å². The van der Waals surface area contributed by atoms with E-state index in [1.807, 2.05) is 20.0 Å². The number of anilines is 1. The first-order chi connectivity index (χ1) is 10.5. The van der Waals surface area contributed by atoms with Crippen LogP contribution in [0.3, 0.4) is 0 Å². The molecule has 2 unspecified atom stereocenters. The van der Waals surface area contributed by atoms with Crippen LogP contribution < -0.4 is 5.32 Å². The van der Waals surface area contributed by atoms with Crippen molar-refractivity contribution in [3.05, 3.63) is 28.2 Å². The van der Waals surface area contributed by atoms with Gasteiger partial charge in [0.1, 0.15) is 0 Å². The van der Waals surface area contributed by atoms with Crippen LogP contribution in [0.25, 0.3) is 0 Å². The summed E-state index contributed by atoms with van der Waals surface area (Å²) in [6.07, 6.45) is 1.45. The van der Waals surface area contributed by atoms with Gasteiger partial charge in [0.05, 0.1) is 0 Å². The van der Waals surface area contributed by atoms with Crippen molar-refractivity contribution in [2.75, 3.05) is 18.5 Å². The fourth-order valence-electron chi connectivity index (χ4n) is 2.07. The van der Waals surface area contributed by atoms with E-state index >= 15 is 0 Å². The minimum absolute atomic E-state index is 0.141. The van der Waals surface area contributed by atoms with Gasteiger partial charge in [-0.3, -0.25) is 0 Å². The molecule has 0 fully saturated rings. The van der Waals surface area contributed by atoms with E-state index in [1.165, 1.54) is 5.56 Å². The fourth-order valence-corrected chi connectivity index (χ4v) is 5.73. The van der Waals surface area contributed by atoms with Gasteiger partial charge in [0.2, 0.25) is 5.85 Å². The van der Waals surface area contributed by atoms with Gasteiger partial charge in [0, 0.05) is 30.6 Å². The average Bonchev–Trinajstić information content (AvgIpc) is 2.43. The molecule has 0 saturated carbocycles. The van der Waals surface area contributed by atoms with Crippen molar-refractivity contribution in [1.82, 2.24) is 0 Å². The maximum absolute atomic E-state index is 12.6. The predicted octanol–water partition coefficient (Wildman–Crippen LogP) is 6.23. The summed E-state index contributed by atoms with van der Waals surface area (Å²) in [6, 6.07) is 6.16. The third-order valence-corrected chi connectivity index (χ3v) is 11.4. The Kier molecular flexibility index (Phi) is 7.46. The molecule has 0 heterocycles. The Balaban J connectivity index is 2.67. The lowest BCUT2D eigenvalue weighted by Gasteiger charge is -2.36. The van der Waals surface area contributed by atoms with Gasteiger partial charge >= 0.3 is 7.80 Å². The van der Waals surface area contributed by atoms with Crippen LogP contribution in [0.2, 0.25) is 18.1 Å². The van der Waals surface area contributed by atoms with Crippen LogP contribution in [0, 0.1) is 0 Å². The summed E-state index contributed by atoms with van der Waals surface area (Å²) in [7, 11) is -1.33. The Morgan fingerprint density at radius 2 is 1.96 bits per heavy atom. The van der Waals surface area contributed by atoms with Crippen LogP contribution in [0.5, 0.6) is 0 Å². The number of benzene rings is 1. The van der Waals surface area contributed by atoms with Gasteiger partial charge in [-0.1, -0.05) is 47.3 Å². The molecular formula is C17H30BrNO2PSi+. The fraction of sp³-hybridized carbons (Fsp3) is 0.647. The van der Waals surface area contributed by atoms with Crippen molar-refractivity contribution in [1.29, 1.82) is 0 Å². The quantitative estimate of drug-likeness (QED) is 0.421. The lowest BCUT2D eigenvalue weighted by Crippen LogP contribution is -2.42. The van der Waals surface area contributed by atoms with Gasteiger partial charge in [0.25, 0.3) is 0 Å². The highest BCUT2D eigenvalue weighted by atomic mass is 79.9. The third kappa shape index (κ3) is 5.97. The van der Waals surface area contributed by atoms with Crippen molar-refractivity contribution < 1.29 is 8.99 Å². The van der Waals surface area contributed by atoms with Crippen molar-refractivity contribution in [2.24, 2.45) is 0 Å². The van der Waals surface area contributed by atoms with Crippen molar-refractivity contribution in [3.63, 3.8) is 0 Å². The van der Waals surface area contributed by atoms with E-state index in [0.717, 1.165) is 16.6 Å².